The van der Waals surface area contributed by atoms with Gasteiger partial charge in [0, 0.05) is 20.0 Å². The van der Waals surface area contributed by atoms with Gasteiger partial charge in [-0.1, -0.05) is 11.6 Å². The molecule has 2 heterocycles. The highest BCUT2D eigenvalue weighted by molar-refractivity contribution is 6.29. The van der Waals surface area contributed by atoms with Gasteiger partial charge in [-0.3, -0.25) is 9.69 Å². The minimum absolute atomic E-state index is 0.0982. The zero-order chi connectivity index (χ0) is 9.42. The SMILES string of the molecule is CN1C(=O)CCCn2c(Cl)cnc21. The van der Waals surface area contributed by atoms with E-state index in [1.807, 2.05) is 4.57 Å². The third kappa shape index (κ3) is 1.31. The lowest BCUT2D eigenvalue weighted by Gasteiger charge is -2.13. The van der Waals surface area contributed by atoms with Crippen LogP contribution in [0.5, 0.6) is 0 Å². The van der Waals surface area contributed by atoms with Gasteiger partial charge in [0.1, 0.15) is 5.15 Å². The average Bonchev–Trinajstić information content (AvgIpc) is 2.40. The quantitative estimate of drug-likeness (QED) is 0.632. The fourth-order valence-corrected chi connectivity index (χ4v) is 1.70. The van der Waals surface area contributed by atoms with Gasteiger partial charge >= 0.3 is 0 Å². The van der Waals surface area contributed by atoms with Crippen molar-refractivity contribution in [3.8, 4) is 0 Å². The molecule has 1 aliphatic heterocycles. The Morgan fingerprint density at radius 3 is 3.15 bits per heavy atom. The first kappa shape index (κ1) is 8.56. The van der Waals surface area contributed by atoms with Crippen LogP contribution in [0.2, 0.25) is 5.15 Å². The van der Waals surface area contributed by atoms with E-state index in [0.29, 0.717) is 17.5 Å². The molecule has 2 rings (SSSR count). The van der Waals surface area contributed by atoms with Gasteiger partial charge in [-0.15, -0.1) is 0 Å². The summed E-state index contributed by atoms with van der Waals surface area (Å²) in [5.41, 5.74) is 0. The Bertz CT molecular complexity index is 347. The summed E-state index contributed by atoms with van der Waals surface area (Å²) >= 11 is 5.91. The Labute approximate surface area is 81.1 Å². The van der Waals surface area contributed by atoms with E-state index in [1.165, 1.54) is 0 Å². The summed E-state index contributed by atoms with van der Waals surface area (Å²) in [7, 11) is 1.73. The van der Waals surface area contributed by atoms with Crippen molar-refractivity contribution in [2.75, 3.05) is 11.9 Å². The molecule has 0 radical (unpaired) electrons. The van der Waals surface area contributed by atoms with Crippen LogP contribution in [0.25, 0.3) is 0 Å². The number of amides is 1. The maximum absolute atomic E-state index is 11.4. The summed E-state index contributed by atoms with van der Waals surface area (Å²) in [6.45, 7) is 0.768. The predicted molar refractivity (Wildman–Crippen MR) is 49.9 cm³/mol. The summed E-state index contributed by atoms with van der Waals surface area (Å²) < 4.78 is 1.85. The molecule has 0 unspecified atom stereocenters. The minimum Gasteiger partial charge on any atom is -0.301 e. The maximum Gasteiger partial charge on any atom is 0.229 e. The topological polar surface area (TPSA) is 38.1 Å². The fraction of sp³-hybridized carbons (Fsp3) is 0.500. The molecule has 1 aromatic heterocycles. The molecule has 0 aromatic carbocycles. The number of carbonyl (C=O) groups is 1. The summed E-state index contributed by atoms with van der Waals surface area (Å²) in [6, 6.07) is 0. The lowest BCUT2D eigenvalue weighted by molar-refractivity contribution is -0.118. The molecule has 5 heteroatoms. The second kappa shape index (κ2) is 3.03. The number of halogens is 1. The van der Waals surface area contributed by atoms with Crippen molar-refractivity contribution in [1.29, 1.82) is 0 Å². The second-order valence-electron chi connectivity index (χ2n) is 3.09. The number of hydrogen-bond donors (Lipinski definition) is 0. The van der Waals surface area contributed by atoms with E-state index in [4.69, 9.17) is 11.6 Å². The van der Waals surface area contributed by atoms with Gasteiger partial charge in [-0.25, -0.2) is 4.98 Å². The molecule has 0 saturated heterocycles. The first-order valence-corrected chi connectivity index (χ1v) is 4.55. The standard InChI is InChI=1S/C8H10ClN3O/c1-11-7(13)3-2-4-12-6(9)5-10-8(11)12/h5H,2-4H2,1H3. The van der Waals surface area contributed by atoms with Crippen LogP contribution < -0.4 is 4.90 Å². The molecule has 70 valence electrons. The summed E-state index contributed by atoms with van der Waals surface area (Å²) in [5.74, 6) is 0.744. The highest BCUT2D eigenvalue weighted by Gasteiger charge is 2.21. The molecular formula is C8H10ClN3O. The molecule has 0 spiro atoms. The monoisotopic (exact) mass is 199 g/mol. The lowest BCUT2D eigenvalue weighted by Crippen LogP contribution is -2.26. The Balaban J connectivity index is 2.47. The van der Waals surface area contributed by atoms with Gasteiger partial charge in [0.15, 0.2) is 0 Å². The van der Waals surface area contributed by atoms with Crippen molar-refractivity contribution in [2.24, 2.45) is 0 Å². The van der Waals surface area contributed by atoms with Crippen LogP contribution in [0.3, 0.4) is 0 Å². The van der Waals surface area contributed by atoms with Gasteiger partial charge < -0.3 is 4.57 Å². The molecule has 1 aromatic rings. The van der Waals surface area contributed by atoms with Crippen LogP contribution in [0, 0.1) is 0 Å². The van der Waals surface area contributed by atoms with Gasteiger partial charge in [-0.2, -0.15) is 0 Å². The van der Waals surface area contributed by atoms with E-state index in [1.54, 1.807) is 18.1 Å². The molecule has 1 aliphatic rings. The number of aromatic nitrogens is 2. The van der Waals surface area contributed by atoms with E-state index in [2.05, 4.69) is 4.98 Å². The number of anilines is 1. The Kier molecular flexibility index (Phi) is 2.00. The van der Waals surface area contributed by atoms with Crippen LogP contribution >= 0.6 is 11.6 Å². The molecule has 4 nitrogen and oxygen atoms in total. The summed E-state index contributed by atoms with van der Waals surface area (Å²) in [5, 5.41) is 0.594. The first-order valence-electron chi connectivity index (χ1n) is 4.18. The smallest absolute Gasteiger partial charge is 0.229 e. The number of imidazole rings is 1. The van der Waals surface area contributed by atoms with E-state index in [9.17, 15) is 4.79 Å². The number of rotatable bonds is 0. The van der Waals surface area contributed by atoms with E-state index in [0.717, 1.165) is 13.0 Å². The largest absolute Gasteiger partial charge is 0.301 e. The van der Waals surface area contributed by atoms with E-state index >= 15 is 0 Å². The summed E-state index contributed by atoms with van der Waals surface area (Å²) in [6.07, 6.45) is 2.97. The third-order valence-electron chi connectivity index (χ3n) is 2.23. The number of carbonyl (C=O) groups excluding carboxylic acids is 1. The van der Waals surface area contributed by atoms with Gasteiger partial charge in [0.2, 0.25) is 11.9 Å². The van der Waals surface area contributed by atoms with Crippen molar-refractivity contribution in [1.82, 2.24) is 9.55 Å². The van der Waals surface area contributed by atoms with Gasteiger partial charge in [0.05, 0.1) is 6.20 Å². The Hall–Kier alpha value is -1.03. The highest BCUT2D eigenvalue weighted by atomic mass is 35.5. The second-order valence-corrected chi connectivity index (χ2v) is 3.48. The van der Waals surface area contributed by atoms with Crippen LogP contribution in [0.1, 0.15) is 12.8 Å². The lowest BCUT2D eigenvalue weighted by atomic mass is 10.3. The summed E-state index contributed by atoms with van der Waals surface area (Å²) in [4.78, 5) is 17.1. The molecule has 0 N–H and O–H groups in total. The average molecular weight is 200 g/mol. The van der Waals surface area contributed by atoms with E-state index in [-0.39, 0.29) is 5.91 Å². The zero-order valence-corrected chi connectivity index (χ0v) is 8.08. The van der Waals surface area contributed by atoms with Crippen LogP contribution in [0.4, 0.5) is 5.95 Å². The zero-order valence-electron chi connectivity index (χ0n) is 7.33. The van der Waals surface area contributed by atoms with Crippen LogP contribution in [-0.4, -0.2) is 22.5 Å². The molecular weight excluding hydrogens is 190 g/mol. The first-order chi connectivity index (χ1) is 6.20. The number of fused-ring (bicyclic) bond motifs is 1. The van der Waals surface area contributed by atoms with Crippen molar-refractivity contribution in [2.45, 2.75) is 19.4 Å². The van der Waals surface area contributed by atoms with Gasteiger partial charge in [0.25, 0.3) is 0 Å². The Morgan fingerprint density at radius 2 is 2.38 bits per heavy atom. The van der Waals surface area contributed by atoms with Crippen LogP contribution in [0.15, 0.2) is 6.20 Å². The normalized spacial score (nSPS) is 17.1. The maximum atomic E-state index is 11.4. The van der Waals surface area contributed by atoms with Gasteiger partial charge in [-0.05, 0) is 6.42 Å². The molecule has 0 saturated carbocycles. The van der Waals surface area contributed by atoms with Crippen molar-refractivity contribution < 1.29 is 4.79 Å². The fourth-order valence-electron chi connectivity index (χ4n) is 1.49. The number of hydrogen-bond acceptors (Lipinski definition) is 2. The van der Waals surface area contributed by atoms with Crippen molar-refractivity contribution in [3.63, 3.8) is 0 Å². The molecule has 0 atom stereocenters. The Morgan fingerprint density at radius 1 is 1.62 bits per heavy atom. The van der Waals surface area contributed by atoms with Crippen LogP contribution in [-0.2, 0) is 11.3 Å². The predicted octanol–water partition coefficient (Wildman–Crippen LogP) is 1.29. The molecule has 0 fully saturated rings. The molecule has 1 amide bonds. The minimum atomic E-state index is 0.0982. The van der Waals surface area contributed by atoms with E-state index < -0.39 is 0 Å². The number of nitrogens with zero attached hydrogens (tertiary/aromatic N) is 3. The van der Waals surface area contributed by atoms with Crippen molar-refractivity contribution >= 4 is 23.5 Å². The molecule has 0 aliphatic carbocycles. The molecule has 0 bridgehead atoms. The highest BCUT2D eigenvalue weighted by Crippen LogP contribution is 2.22. The van der Waals surface area contributed by atoms with Crippen molar-refractivity contribution in [3.05, 3.63) is 11.3 Å². The molecule has 13 heavy (non-hydrogen) atoms. The third-order valence-corrected chi connectivity index (χ3v) is 2.53.